The van der Waals surface area contributed by atoms with Gasteiger partial charge in [-0.05, 0) is 70.1 Å². The predicted molar refractivity (Wildman–Crippen MR) is 215 cm³/mol. The Bertz CT molecular complexity index is 1300. The summed E-state index contributed by atoms with van der Waals surface area (Å²) in [5.74, 6) is -0.222. The second kappa shape index (κ2) is 30.8. The second-order valence-corrected chi connectivity index (χ2v) is 16.6. The van der Waals surface area contributed by atoms with Gasteiger partial charge < -0.3 is 80.4 Å². The SMILES string of the molecule is C[C@@H]1C[C@@H](CO)N(C(=O)CCCCCCC(=O)[C@H](CCCCNC(=O)CCCCOC2OC(CO)C(O)C(O)C2O)NC(=O)CCCCOC2OC(CO)C(O)C(O)C2O)C1.[Y]. The summed E-state index contributed by atoms with van der Waals surface area (Å²) in [6, 6.07) is -0.853. The fourth-order valence-electron chi connectivity index (χ4n) is 7.83. The molecule has 3 amide bonds. The molecule has 21 heteroatoms. The third-order valence-corrected chi connectivity index (χ3v) is 11.5. The zero-order valence-electron chi connectivity index (χ0n) is 36.1. The van der Waals surface area contributed by atoms with Gasteiger partial charge in [-0.15, -0.1) is 0 Å². The molecule has 13 atom stereocenters. The van der Waals surface area contributed by atoms with Crippen molar-refractivity contribution >= 4 is 23.5 Å². The third kappa shape index (κ3) is 18.9. The maximum absolute atomic E-state index is 13.4. The first kappa shape index (κ1) is 56.8. The van der Waals surface area contributed by atoms with Gasteiger partial charge in [0.1, 0.15) is 48.8 Å². The molecule has 357 valence electrons. The standard InChI is InChI=1S/C41H73N3O17.Y/c1-25-20-26(22-45)44(21-25)33(51)16-5-3-2-4-13-28(48)27(43-32(50)15-8-11-19-59-41-39(57)37(55)35(53)30(24-47)61-41)12-6-9-17-42-31(49)14-7-10-18-58-40-38(56)36(54)34(52)29(23-46)60-40;/h25-27,29-30,34-41,45-47,52-57H,2-24H2,1H3,(H,42,49)(H,43,50);/t25-,26+,27+,29?,30?,34?,35?,36?,37?,38?,39?,40?,41?;/m1./s1. The van der Waals surface area contributed by atoms with Crippen LogP contribution in [0, 0.1) is 5.92 Å². The molecular weight excluding hydrogens is 895 g/mol. The first-order chi connectivity index (χ1) is 29.2. The smallest absolute Gasteiger partial charge is 0.222 e. The summed E-state index contributed by atoms with van der Waals surface area (Å²) in [4.78, 5) is 53.2. The molecule has 3 saturated heterocycles. The Hall–Kier alpha value is -1.34. The molecule has 0 aliphatic carbocycles. The Balaban J connectivity index is 0.0000132. The minimum atomic E-state index is -1.56. The van der Waals surface area contributed by atoms with Crippen molar-refractivity contribution in [1.29, 1.82) is 0 Å². The van der Waals surface area contributed by atoms with Gasteiger partial charge in [-0.2, -0.15) is 0 Å². The summed E-state index contributed by atoms with van der Waals surface area (Å²) < 4.78 is 21.6. The zero-order valence-corrected chi connectivity index (χ0v) is 38.9. The predicted octanol–water partition coefficient (Wildman–Crippen LogP) is -2.13. The van der Waals surface area contributed by atoms with E-state index in [0.717, 1.165) is 19.3 Å². The number of aliphatic hydroxyl groups excluding tert-OH is 9. The number of amides is 3. The Morgan fingerprint density at radius 1 is 0.629 bits per heavy atom. The third-order valence-electron chi connectivity index (χ3n) is 11.5. The molecule has 3 aliphatic heterocycles. The Morgan fingerprint density at radius 2 is 1.15 bits per heavy atom. The van der Waals surface area contributed by atoms with Gasteiger partial charge in [0.25, 0.3) is 0 Å². The fraction of sp³-hybridized carbons (Fsp3) is 0.902. The summed E-state index contributed by atoms with van der Waals surface area (Å²) in [5, 5.41) is 93.9. The summed E-state index contributed by atoms with van der Waals surface area (Å²) in [5.41, 5.74) is 0. The van der Waals surface area contributed by atoms with E-state index in [1.54, 1.807) is 4.90 Å². The van der Waals surface area contributed by atoms with Gasteiger partial charge in [0, 0.05) is 84.7 Å². The maximum Gasteiger partial charge on any atom is 0.222 e. The number of hydrogen-bond donors (Lipinski definition) is 11. The first-order valence-electron chi connectivity index (χ1n) is 22.1. The van der Waals surface area contributed by atoms with Crippen molar-refractivity contribution in [2.24, 2.45) is 5.92 Å². The van der Waals surface area contributed by atoms with Crippen LogP contribution < -0.4 is 10.6 Å². The minimum Gasteiger partial charge on any atom is -0.394 e. The van der Waals surface area contributed by atoms with Crippen LogP contribution in [0.4, 0.5) is 0 Å². The quantitative estimate of drug-likeness (QED) is 0.0357. The van der Waals surface area contributed by atoms with E-state index in [1.807, 2.05) is 0 Å². The number of ketones is 1. The van der Waals surface area contributed by atoms with Crippen LogP contribution in [-0.2, 0) is 70.8 Å². The summed E-state index contributed by atoms with van der Waals surface area (Å²) in [7, 11) is 0. The molecule has 10 unspecified atom stereocenters. The van der Waals surface area contributed by atoms with Gasteiger partial charge in [-0.25, -0.2) is 0 Å². The van der Waals surface area contributed by atoms with Gasteiger partial charge in [-0.3, -0.25) is 19.2 Å². The van der Waals surface area contributed by atoms with Crippen molar-refractivity contribution in [1.82, 2.24) is 15.5 Å². The molecule has 0 spiro atoms. The monoisotopic (exact) mass is 968 g/mol. The van der Waals surface area contributed by atoms with Crippen LogP contribution in [0.3, 0.4) is 0 Å². The van der Waals surface area contributed by atoms with Crippen LogP contribution in [0.1, 0.15) is 110 Å². The Morgan fingerprint density at radius 3 is 1.68 bits per heavy atom. The van der Waals surface area contributed by atoms with Crippen molar-refractivity contribution in [2.75, 3.05) is 46.1 Å². The topological polar surface area (TPSA) is 315 Å². The molecule has 0 saturated carbocycles. The molecule has 0 aromatic carbocycles. The van der Waals surface area contributed by atoms with Crippen molar-refractivity contribution in [3.63, 3.8) is 0 Å². The molecule has 20 nitrogen and oxygen atoms in total. The number of aliphatic hydroxyl groups is 9. The Kier molecular flexibility index (Phi) is 28.2. The van der Waals surface area contributed by atoms with E-state index in [0.29, 0.717) is 83.2 Å². The molecule has 3 fully saturated rings. The second-order valence-electron chi connectivity index (χ2n) is 16.6. The normalized spacial score (nSPS) is 30.4. The van der Waals surface area contributed by atoms with Gasteiger partial charge in [0.05, 0.1) is 31.9 Å². The number of carbonyl (C=O) groups is 4. The number of nitrogens with zero attached hydrogens (tertiary/aromatic N) is 1. The molecule has 0 aromatic heterocycles. The van der Waals surface area contributed by atoms with Gasteiger partial charge >= 0.3 is 0 Å². The van der Waals surface area contributed by atoms with Crippen molar-refractivity contribution < 1.29 is 117 Å². The molecule has 0 aromatic rings. The van der Waals surface area contributed by atoms with Crippen molar-refractivity contribution in [2.45, 2.75) is 183 Å². The largest absolute Gasteiger partial charge is 0.394 e. The van der Waals surface area contributed by atoms with Gasteiger partial charge in [0.15, 0.2) is 18.4 Å². The number of unbranched alkanes of at least 4 members (excludes halogenated alkanes) is 6. The number of ether oxygens (including phenoxy) is 4. The summed E-state index contributed by atoms with van der Waals surface area (Å²) in [6.07, 6.45) is -6.12. The van der Waals surface area contributed by atoms with E-state index in [2.05, 4.69) is 17.6 Å². The van der Waals surface area contributed by atoms with Crippen LogP contribution in [0.25, 0.3) is 0 Å². The van der Waals surface area contributed by atoms with Crippen LogP contribution >= 0.6 is 0 Å². The molecular formula is C41H73N3O17Y. The summed E-state index contributed by atoms with van der Waals surface area (Å²) >= 11 is 0. The first-order valence-corrected chi connectivity index (χ1v) is 22.1. The number of hydrogen-bond acceptors (Lipinski definition) is 17. The number of likely N-dealkylation sites (tertiary alicyclic amines) is 1. The van der Waals surface area contributed by atoms with Crippen LogP contribution in [0.2, 0.25) is 0 Å². The van der Waals surface area contributed by atoms with Crippen molar-refractivity contribution in [3.05, 3.63) is 0 Å². The van der Waals surface area contributed by atoms with Crippen LogP contribution in [-0.4, -0.2) is 194 Å². The van der Waals surface area contributed by atoms with E-state index < -0.39 is 80.7 Å². The zero-order chi connectivity index (χ0) is 44.9. The van der Waals surface area contributed by atoms with Crippen molar-refractivity contribution in [3.8, 4) is 0 Å². The molecule has 3 heterocycles. The number of carbonyl (C=O) groups excluding carboxylic acids is 4. The number of Topliss-reactive ketones (excluding diaryl/α,β-unsaturated/α-hetero) is 1. The maximum atomic E-state index is 13.4. The molecule has 11 N–H and O–H groups in total. The number of rotatable bonds is 29. The van der Waals surface area contributed by atoms with E-state index >= 15 is 0 Å². The van der Waals surface area contributed by atoms with Gasteiger partial charge in [0.2, 0.25) is 17.7 Å². The van der Waals surface area contributed by atoms with Gasteiger partial charge in [-0.1, -0.05) is 19.8 Å². The molecule has 1 radical (unpaired) electrons. The average molecular weight is 969 g/mol. The van der Waals surface area contributed by atoms with E-state index in [-0.39, 0.29) is 101 Å². The molecule has 0 bridgehead atoms. The average Bonchev–Trinajstić information content (AvgIpc) is 3.64. The Labute approximate surface area is 389 Å². The summed E-state index contributed by atoms with van der Waals surface area (Å²) in [6.45, 7) is 2.07. The molecule has 3 rings (SSSR count). The molecule has 62 heavy (non-hydrogen) atoms. The molecule has 3 aliphatic rings. The fourth-order valence-corrected chi connectivity index (χ4v) is 7.83. The van der Waals surface area contributed by atoms with Crippen LogP contribution in [0.15, 0.2) is 0 Å². The minimum absolute atomic E-state index is 0. The van der Waals surface area contributed by atoms with E-state index in [1.165, 1.54) is 0 Å². The van der Waals surface area contributed by atoms with E-state index in [9.17, 15) is 65.1 Å². The van der Waals surface area contributed by atoms with Crippen LogP contribution in [0.5, 0.6) is 0 Å². The van der Waals surface area contributed by atoms with E-state index in [4.69, 9.17) is 18.9 Å². The number of nitrogens with one attached hydrogen (secondary N) is 2.